The largest absolute Gasteiger partial charge is 0.472 e. The molecule has 0 spiro atoms. The summed E-state index contributed by atoms with van der Waals surface area (Å²) in [5.74, 6) is -0.330. The first-order chi connectivity index (χ1) is 22.9. The van der Waals surface area contributed by atoms with E-state index >= 15 is 0 Å². The van der Waals surface area contributed by atoms with Gasteiger partial charge in [0, 0.05) is 19.6 Å². The summed E-state index contributed by atoms with van der Waals surface area (Å²) in [7, 11) is -4.27. The second-order valence-corrected chi connectivity index (χ2v) is 14.6. The van der Waals surface area contributed by atoms with E-state index in [0.717, 1.165) is 32.1 Å². The number of nitrogens with two attached hydrogens (primary N) is 1. The van der Waals surface area contributed by atoms with Crippen LogP contribution in [0.3, 0.4) is 0 Å². The highest BCUT2D eigenvalue weighted by atomic mass is 31.2. The third-order valence-electron chi connectivity index (χ3n) is 8.43. The summed E-state index contributed by atoms with van der Waals surface area (Å²) < 4.78 is 33.3. The first kappa shape index (κ1) is 46.2. The molecule has 8 nitrogen and oxygen atoms in total. The molecule has 0 aromatic rings. The molecule has 2 unspecified atom stereocenters. The van der Waals surface area contributed by atoms with Crippen LogP contribution < -0.4 is 5.73 Å². The Morgan fingerprint density at radius 3 is 1.60 bits per heavy atom. The number of ether oxygens (including phenoxy) is 2. The minimum atomic E-state index is -4.27. The quantitative estimate of drug-likeness (QED) is 0.0285. The van der Waals surface area contributed by atoms with Gasteiger partial charge in [-0.1, -0.05) is 154 Å². The van der Waals surface area contributed by atoms with Crippen LogP contribution in [0.1, 0.15) is 187 Å². The molecular formula is C38H76NO7P. The molecule has 0 fully saturated rings. The maximum Gasteiger partial charge on any atom is 0.472 e. The zero-order chi connectivity index (χ0) is 34.5. The molecule has 0 amide bonds. The minimum Gasteiger partial charge on any atom is -0.457 e. The van der Waals surface area contributed by atoms with Crippen molar-refractivity contribution in [1.82, 2.24) is 0 Å². The van der Waals surface area contributed by atoms with E-state index in [9.17, 15) is 14.3 Å². The van der Waals surface area contributed by atoms with Crippen molar-refractivity contribution in [3.05, 3.63) is 12.2 Å². The van der Waals surface area contributed by atoms with Crippen molar-refractivity contribution >= 4 is 13.8 Å². The number of esters is 1. The van der Waals surface area contributed by atoms with E-state index < -0.39 is 13.9 Å². The molecule has 0 aromatic heterocycles. The van der Waals surface area contributed by atoms with Gasteiger partial charge in [-0.15, -0.1) is 0 Å². The first-order valence-corrected chi connectivity index (χ1v) is 21.2. The molecule has 0 aliphatic heterocycles. The van der Waals surface area contributed by atoms with Crippen molar-refractivity contribution in [2.45, 2.75) is 193 Å². The molecule has 3 N–H and O–H groups in total. The van der Waals surface area contributed by atoms with Crippen molar-refractivity contribution in [3.8, 4) is 0 Å². The molecule has 0 bridgehead atoms. The number of carbonyl (C=O) groups excluding carboxylic acids is 1. The van der Waals surface area contributed by atoms with Gasteiger partial charge in [-0.3, -0.25) is 13.8 Å². The number of rotatable bonds is 38. The number of hydrogen-bond acceptors (Lipinski definition) is 7. The second-order valence-electron chi connectivity index (χ2n) is 13.1. The van der Waals surface area contributed by atoms with E-state index in [2.05, 4.69) is 26.0 Å². The number of carbonyl (C=O) groups is 1. The molecule has 47 heavy (non-hydrogen) atoms. The van der Waals surface area contributed by atoms with Crippen molar-refractivity contribution < 1.29 is 32.8 Å². The summed E-state index contributed by atoms with van der Waals surface area (Å²) in [5, 5.41) is 0. The molecule has 0 rings (SSSR count). The highest BCUT2D eigenvalue weighted by Gasteiger charge is 2.25. The van der Waals surface area contributed by atoms with Crippen LogP contribution in [0.2, 0.25) is 0 Å². The van der Waals surface area contributed by atoms with Crippen LogP contribution >= 0.6 is 7.82 Å². The van der Waals surface area contributed by atoms with E-state index in [0.29, 0.717) is 13.0 Å². The van der Waals surface area contributed by atoms with Gasteiger partial charge in [-0.2, -0.15) is 0 Å². The van der Waals surface area contributed by atoms with Gasteiger partial charge in [0.15, 0.2) is 0 Å². The number of phosphoric ester groups is 1. The molecule has 0 aromatic carbocycles. The Bertz CT molecular complexity index is 737. The van der Waals surface area contributed by atoms with Gasteiger partial charge < -0.3 is 20.1 Å². The summed E-state index contributed by atoms with van der Waals surface area (Å²) in [6, 6.07) is 0. The number of unbranched alkanes of at least 4 members (excludes halogenated alkanes) is 23. The normalized spacial score (nSPS) is 13.7. The third kappa shape index (κ3) is 36.3. The van der Waals surface area contributed by atoms with E-state index in [4.69, 9.17) is 24.3 Å². The van der Waals surface area contributed by atoms with Gasteiger partial charge in [0.1, 0.15) is 6.10 Å². The maximum atomic E-state index is 12.5. The standard InChI is InChI=1S/C38H76NO7P/c1-3-5-7-9-11-13-15-17-18-19-21-23-25-27-29-31-38(40)46-37(36-45-47(41,42)44-34-32-39)35-43-33-30-28-26-24-22-20-16-14-12-10-8-6-4-2/h12,14,37H,3-11,13,15-36,39H2,1-2H3,(H,41,42)/b14-12-. The Balaban J connectivity index is 4.05. The Labute approximate surface area is 290 Å². The van der Waals surface area contributed by atoms with Gasteiger partial charge in [0.25, 0.3) is 0 Å². The summed E-state index contributed by atoms with van der Waals surface area (Å²) >= 11 is 0. The van der Waals surface area contributed by atoms with E-state index in [1.807, 2.05) is 0 Å². The molecule has 0 aliphatic carbocycles. The lowest BCUT2D eigenvalue weighted by atomic mass is 10.0. The fourth-order valence-electron chi connectivity index (χ4n) is 5.52. The predicted octanol–water partition coefficient (Wildman–Crippen LogP) is 11.1. The molecule has 0 saturated heterocycles. The van der Waals surface area contributed by atoms with Crippen molar-refractivity contribution in [1.29, 1.82) is 0 Å². The van der Waals surface area contributed by atoms with Crippen molar-refractivity contribution in [2.24, 2.45) is 5.73 Å². The molecule has 0 radical (unpaired) electrons. The Kier molecular flexibility index (Phi) is 35.9. The van der Waals surface area contributed by atoms with Gasteiger partial charge >= 0.3 is 13.8 Å². The monoisotopic (exact) mass is 690 g/mol. The van der Waals surface area contributed by atoms with Crippen LogP contribution in [-0.4, -0.2) is 49.9 Å². The van der Waals surface area contributed by atoms with E-state index in [1.165, 1.54) is 135 Å². The fraction of sp³-hybridized carbons (Fsp3) is 0.921. The van der Waals surface area contributed by atoms with Crippen LogP contribution in [0.15, 0.2) is 12.2 Å². The summed E-state index contributed by atoms with van der Waals surface area (Å²) in [6.45, 7) is 4.91. The van der Waals surface area contributed by atoms with Gasteiger partial charge in [-0.05, 0) is 38.5 Å². The van der Waals surface area contributed by atoms with Crippen LogP contribution in [0.25, 0.3) is 0 Å². The fourth-order valence-corrected chi connectivity index (χ4v) is 6.29. The predicted molar refractivity (Wildman–Crippen MR) is 197 cm³/mol. The van der Waals surface area contributed by atoms with Gasteiger partial charge in [0.2, 0.25) is 0 Å². The summed E-state index contributed by atoms with van der Waals surface area (Å²) in [6.07, 6.45) is 36.4. The van der Waals surface area contributed by atoms with Gasteiger partial charge in [0.05, 0.1) is 19.8 Å². The number of phosphoric acid groups is 1. The molecule has 2 atom stereocenters. The lowest BCUT2D eigenvalue weighted by molar-refractivity contribution is -0.154. The Hall–Kier alpha value is -0.760. The Morgan fingerprint density at radius 2 is 1.06 bits per heavy atom. The second kappa shape index (κ2) is 36.5. The third-order valence-corrected chi connectivity index (χ3v) is 9.42. The zero-order valence-electron chi connectivity index (χ0n) is 30.8. The van der Waals surface area contributed by atoms with E-state index in [1.54, 1.807) is 0 Å². The summed E-state index contributed by atoms with van der Waals surface area (Å²) in [5.41, 5.74) is 5.35. The average Bonchev–Trinajstić information content (AvgIpc) is 3.06. The average molecular weight is 690 g/mol. The highest BCUT2D eigenvalue weighted by molar-refractivity contribution is 7.47. The maximum absolute atomic E-state index is 12.5. The van der Waals surface area contributed by atoms with Crippen molar-refractivity contribution in [3.63, 3.8) is 0 Å². The van der Waals surface area contributed by atoms with Gasteiger partial charge in [-0.25, -0.2) is 4.57 Å². The lowest BCUT2D eigenvalue weighted by Gasteiger charge is -2.20. The van der Waals surface area contributed by atoms with Crippen molar-refractivity contribution in [2.75, 3.05) is 33.0 Å². The van der Waals surface area contributed by atoms with E-state index in [-0.39, 0.29) is 32.3 Å². The highest BCUT2D eigenvalue weighted by Crippen LogP contribution is 2.43. The van der Waals surface area contributed by atoms with Crippen LogP contribution in [0, 0.1) is 0 Å². The molecule has 0 saturated carbocycles. The smallest absolute Gasteiger partial charge is 0.457 e. The van der Waals surface area contributed by atoms with Crippen LogP contribution in [-0.2, 0) is 27.9 Å². The summed E-state index contributed by atoms with van der Waals surface area (Å²) in [4.78, 5) is 22.4. The molecule has 280 valence electrons. The first-order valence-electron chi connectivity index (χ1n) is 19.7. The Morgan fingerprint density at radius 1 is 0.617 bits per heavy atom. The zero-order valence-corrected chi connectivity index (χ0v) is 31.7. The van der Waals surface area contributed by atoms with Crippen LogP contribution in [0.4, 0.5) is 0 Å². The SMILES string of the molecule is CCCCC/C=C\CCCCCCCCOCC(COP(=O)(O)OCCN)OC(=O)CCCCCCCCCCCCCCCCC. The molecule has 0 heterocycles. The minimum absolute atomic E-state index is 0.0936. The van der Waals surface area contributed by atoms with Crippen LogP contribution in [0.5, 0.6) is 0 Å². The number of allylic oxidation sites excluding steroid dienone is 2. The topological polar surface area (TPSA) is 117 Å². The lowest BCUT2D eigenvalue weighted by Crippen LogP contribution is -2.28. The molecular weight excluding hydrogens is 613 g/mol. The molecule has 9 heteroatoms. The molecule has 0 aliphatic rings. The number of hydrogen-bond donors (Lipinski definition) is 2.